The zero-order valence-corrected chi connectivity index (χ0v) is 7.27. The first-order valence-corrected chi connectivity index (χ1v) is 4.41. The lowest BCUT2D eigenvalue weighted by molar-refractivity contribution is 0.490. The van der Waals surface area contributed by atoms with Crippen molar-refractivity contribution in [1.82, 2.24) is 0 Å². The van der Waals surface area contributed by atoms with Crippen molar-refractivity contribution in [2.45, 2.75) is 0 Å². The Bertz CT molecular complexity index is 513. The average molecular weight is 196 g/mol. The molecule has 0 fully saturated rings. The number of hydrogen-bond acceptors (Lipinski definition) is 3. The Labute approximate surface area is 76.9 Å². The van der Waals surface area contributed by atoms with Gasteiger partial charge in [-0.3, -0.25) is 4.79 Å². The van der Waals surface area contributed by atoms with Crippen molar-refractivity contribution >= 4 is 21.4 Å². The van der Waals surface area contributed by atoms with Gasteiger partial charge >= 0.3 is 0 Å². The molecule has 0 aliphatic heterocycles. The summed E-state index contributed by atoms with van der Waals surface area (Å²) in [7, 11) is 0. The van der Waals surface area contributed by atoms with Gasteiger partial charge < -0.3 is 5.11 Å². The smallest absolute Gasteiger partial charge is 0.191 e. The van der Waals surface area contributed by atoms with E-state index in [1.807, 2.05) is 0 Å². The Morgan fingerprint density at radius 3 is 2.85 bits per heavy atom. The first-order valence-electron chi connectivity index (χ1n) is 3.59. The maximum atomic E-state index is 12.7. The summed E-state index contributed by atoms with van der Waals surface area (Å²) in [5.74, 6) is -0.409. The zero-order chi connectivity index (χ0) is 9.42. The highest BCUT2D eigenvalue weighted by Gasteiger charge is 2.02. The van der Waals surface area contributed by atoms with Crippen LogP contribution in [0.3, 0.4) is 0 Å². The van der Waals surface area contributed by atoms with Crippen LogP contribution in [-0.4, -0.2) is 5.11 Å². The van der Waals surface area contributed by atoms with Crippen molar-refractivity contribution in [3.63, 3.8) is 0 Å². The van der Waals surface area contributed by atoms with Crippen molar-refractivity contribution in [2.24, 2.45) is 0 Å². The molecule has 0 unspecified atom stereocenters. The van der Waals surface area contributed by atoms with E-state index < -0.39 is 5.82 Å². The Morgan fingerprint density at radius 2 is 2.08 bits per heavy atom. The minimum atomic E-state index is -0.409. The number of halogens is 1. The van der Waals surface area contributed by atoms with Crippen LogP contribution in [0.1, 0.15) is 0 Å². The minimum absolute atomic E-state index is 0.0944. The number of rotatable bonds is 0. The molecule has 2 nitrogen and oxygen atoms in total. The second kappa shape index (κ2) is 2.81. The van der Waals surface area contributed by atoms with Gasteiger partial charge in [0.1, 0.15) is 5.82 Å². The molecule has 0 atom stereocenters. The van der Waals surface area contributed by atoms with E-state index in [0.29, 0.717) is 10.1 Å². The van der Waals surface area contributed by atoms with Crippen molar-refractivity contribution in [3.8, 4) is 5.06 Å². The molecule has 0 spiro atoms. The van der Waals surface area contributed by atoms with E-state index in [1.54, 1.807) is 0 Å². The van der Waals surface area contributed by atoms with Gasteiger partial charge in [-0.05, 0) is 18.2 Å². The lowest BCUT2D eigenvalue weighted by Gasteiger charge is -1.95. The minimum Gasteiger partial charge on any atom is -0.499 e. The molecule has 1 N–H and O–H groups in total. The van der Waals surface area contributed by atoms with Gasteiger partial charge in [0, 0.05) is 16.2 Å². The third-order valence-electron chi connectivity index (χ3n) is 1.68. The summed E-state index contributed by atoms with van der Waals surface area (Å²) < 4.78 is 13.2. The summed E-state index contributed by atoms with van der Waals surface area (Å²) in [5, 5.41) is 9.44. The van der Waals surface area contributed by atoms with E-state index >= 15 is 0 Å². The normalized spacial score (nSPS) is 10.5. The molecule has 0 radical (unpaired) electrons. The molecule has 0 aliphatic carbocycles. The lowest BCUT2D eigenvalue weighted by Crippen LogP contribution is -1.97. The number of aromatic hydroxyl groups is 1. The molecule has 1 heterocycles. The number of benzene rings is 1. The van der Waals surface area contributed by atoms with E-state index in [-0.39, 0.29) is 10.5 Å². The molecule has 0 saturated carbocycles. The number of fused-ring (bicyclic) bond motifs is 1. The van der Waals surface area contributed by atoms with E-state index in [4.69, 9.17) is 5.11 Å². The second-order valence-corrected chi connectivity index (χ2v) is 3.65. The summed E-state index contributed by atoms with van der Waals surface area (Å²) in [6, 6.07) is 5.02. The molecule has 0 saturated heterocycles. The van der Waals surface area contributed by atoms with Gasteiger partial charge in [-0.15, -0.1) is 0 Å². The molecule has 4 heteroatoms. The van der Waals surface area contributed by atoms with Crippen LogP contribution in [-0.2, 0) is 0 Å². The Kier molecular flexibility index (Phi) is 1.77. The van der Waals surface area contributed by atoms with E-state index in [9.17, 15) is 9.18 Å². The molecule has 2 rings (SSSR count). The molecular formula is C9H5FO2S. The summed E-state index contributed by atoms with van der Waals surface area (Å²) in [4.78, 5) is 11.2. The summed E-state index contributed by atoms with van der Waals surface area (Å²) in [6.07, 6.45) is 0. The van der Waals surface area contributed by atoms with E-state index in [1.165, 1.54) is 18.2 Å². The summed E-state index contributed by atoms with van der Waals surface area (Å²) in [6.45, 7) is 0. The van der Waals surface area contributed by atoms with Crippen LogP contribution in [0.5, 0.6) is 5.06 Å². The fourth-order valence-corrected chi connectivity index (χ4v) is 1.96. The molecule has 0 amide bonds. The predicted molar refractivity (Wildman–Crippen MR) is 49.7 cm³/mol. The van der Waals surface area contributed by atoms with Crippen molar-refractivity contribution in [2.75, 3.05) is 0 Å². The molecule has 1 aromatic carbocycles. The predicted octanol–water partition coefficient (Wildman–Crippen LogP) is 2.11. The van der Waals surface area contributed by atoms with Crippen molar-refractivity contribution in [3.05, 3.63) is 40.3 Å². The fraction of sp³-hybridized carbons (Fsp3) is 0. The monoisotopic (exact) mass is 196 g/mol. The summed E-state index contributed by atoms with van der Waals surface area (Å²) >= 11 is 0.986. The Hall–Kier alpha value is -1.42. The highest BCUT2D eigenvalue weighted by atomic mass is 32.1. The van der Waals surface area contributed by atoms with Crippen LogP contribution in [0.25, 0.3) is 10.1 Å². The highest BCUT2D eigenvalue weighted by molar-refractivity contribution is 7.19. The van der Waals surface area contributed by atoms with Gasteiger partial charge in [0.05, 0.1) is 0 Å². The fourth-order valence-electron chi connectivity index (χ4n) is 1.12. The molecule has 0 aliphatic rings. The zero-order valence-electron chi connectivity index (χ0n) is 6.45. The van der Waals surface area contributed by atoms with Crippen LogP contribution in [0.4, 0.5) is 4.39 Å². The molecular weight excluding hydrogens is 191 g/mol. The average Bonchev–Trinajstić information content (AvgIpc) is 2.02. The molecule has 66 valence electrons. The second-order valence-electron chi connectivity index (χ2n) is 2.59. The van der Waals surface area contributed by atoms with Crippen molar-refractivity contribution < 1.29 is 9.50 Å². The molecule has 2 aromatic rings. The number of hydrogen-bond donors (Lipinski definition) is 1. The van der Waals surface area contributed by atoms with Crippen LogP contribution >= 0.6 is 11.3 Å². The first-order chi connectivity index (χ1) is 6.16. The topological polar surface area (TPSA) is 37.3 Å². The van der Waals surface area contributed by atoms with Crippen LogP contribution in [0.15, 0.2) is 29.1 Å². The van der Waals surface area contributed by atoms with Gasteiger partial charge in [-0.25, -0.2) is 4.39 Å². The SMILES string of the molecule is O=c1cc(O)sc2cc(F)ccc12. The summed E-state index contributed by atoms with van der Waals surface area (Å²) in [5.41, 5.74) is -0.286. The van der Waals surface area contributed by atoms with E-state index in [0.717, 1.165) is 17.4 Å². The Morgan fingerprint density at radius 1 is 1.31 bits per heavy atom. The molecule has 0 bridgehead atoms. The van der Waals surface area contributed by atoms with Crippen LogP contribution < -0.4 is 5.43 Å². The third kappa shape index (κ3) is 1.40. The van der Waals surface area contributed by atoms with Gasteiger partial charge in [-0.1, -0.05) is 11.3 Å². The van der Waals surface area contributed by atoms with Gasteiger partial charge in [0.15, 0.2) is 10.5 Å². The maximum Gasteiger partial charge on any atom is 0.191 e. The third-order valence-corrected chi connectivity index (χ3v) is 2.56. The maximum absolute atomic E-state index is 12.7. The first kappa shape index (κ1) is 8.19. The molecule has 1 aromatic heterocycles. The van der Waals surface area contributed by atoms with Gasteiger partial charge in [-0.2, -0.15) is 0 Å². The van der Waals surface area contributed by atoms with Crippen LogP contribution in [0.2, 0.25) is 0 Å². The van der Waals surface area contributed by atoms with Gasteiger partial charge in [0.2, 0.25) is 0 Å². The van der Waals surface area contributed by atoms with Crippen LogP contribution in [0, 0.1) is 5.82 Å². The van der Waals surface area contributed by atoms with E-state index in [2.05, 4.69) is 0 Å². The van der Waals surface area contributed by atoms with Gasteiger partial charge in [0.25, 0.3) is 0 Å². The van der Waals surface area contributed by atoms with Crippen molar-refractivity contribution in [1.29, 1.82) is 0 Å². The molecule has 13 heavy (non-hydrogen) atoms. The largest absolute Gasteiger partial charge is 0.499 e. The standard InChI is InChI=1S/C9H5FO2S/c10-5-1-2-6-7(11)4-9(12)13-8(6)3-5/h1-4,12H. The Balaban J connectivity index is 2.95. The highest BCUT2D eigenvalue weighted by Crippen LogP contribution is 2.23. The lowest BCUT2D eigenvalue weighted by atomic mass is 10.2. The quantitative estimate of drug-likeness (QED) is 0.700.